The van der Waals surface area contributed by atoms with Gasteiger partial charge in [-0.25, -0.2) is 0 Å². The topological polar surface area (TPSA) is 6.48 Å². The molecule has 0 aromatic carbocycles. The van der Waals surface area contributed by atoms with Crippen molar-refractivity contribution in [3.8, 4) is 0 Å². The zero-order chi connectivity index (χ0) is 20.3. The zero-order valence-corrected chi connectivity index (χ0v) is 19.8. The van der Waals surface area contributed by atoms with Crippen LogP contribution in [0.3, 0.4) is 0 Å². The van der Waals surface area contributed by atoms with E-state index in [2.05, 4.69) is 30.0 Å². The van der Waals surface area contributed by atoms with E-state index in [1.807, 2.05) is 0 Å². The summed E-state index contributed by atoms with van der Waals surface area (Å²) in [6.45, 7) is 2.62. The lowest BCUT2D eigenvalue weighted by Crippen LogP contribution is -2.41. The predicted molar refractivity (Wildman–Crippen MR) is 128 cm³/mol. The van der Waals surface area contributed by atoms with Crippen molar-refractivity contribution in [3.63, 3.8) is 0 Å². The minimum absolute atomic E-state index is 0.732. The van der Waals surface area contributed by atoms with Crippen LogP contribution in [-0.4, -0.2) is 49.1 Å². The van der Waals surface area contributed by atoms with Gasteiger partial charge in [-0.3, -0.25) is 4.90 Å². The third kappa shape index (κ3) is 7.69. The van der Waals surface area contributed by atoms with Gasteiger partial charge >= 0.3 is 0 Å². The number of allylic oxidation sites excluding steroid dienone is 1. The molecule has 0 radical (unpaired) electrons. The van der Waals surface area contributed by atoms with Crippen LogP contribution in [0.4, 0.5) is 0 Å². The predicted octanol–water partition coefficient (Wildman–Crippen LogP) is 7.19. The van der Waals surface area contributed by atoms with E-state index in [1.165, 1.54) is 129 Å². The Morgan fingerprint density at radius 2 is 1.17 bits per heavy atom. The van der Waals surface area contributed by atoms with E-state index in [-0.39, 0.29) is 0 Å². The first-order valence-corrected chi connectivity index (χ1v) is 13.3. The molecule has 2 heterocycles. The molecule has 0 aromatic rings. The third-order valence-corrected chi connectivity index (χ3v) is 8.31. The van der Waals surface area contributed by atoms with Gasteiger partial charge in [-0.1, -0.05) is 82.3 Å². The van der Waals surface area contributed by atoms with Gasteiger partial charge in [0.1, 0.15) is 0 Å². The fourth-order valence-electron chi connectivity index (χ4n) is 6.36. The number of likely N-dealkylation sites (N-methyl/N-ethyl adjacent to an activating group) is 1. The largest absolute Gasteiger partial charge is 0.303 e. The van der Waals surface area contributed by atoms with E-state index in [0.29, 0.717) is 0 Å². The third-order valence-electron chi connectivity index (χ3n) is 8.31. The molecule has 0 bridgehead atoms. The molecule has 168 valence electrons. The molecule has 29 heavy (non-hydrogen) atoms. The normalized spacial score (nSPS) is 33.4. The lowest BCUT2D eigenvalue weighted by atomic mass is 9.79. The van der Waals surface area contributed by atoms with Crippen molar-refractivity contribution in [2.75, 3.05) is 27.2 Å². The molecule has 1 aliphatic carbocycles. The number of nitrogens with zero attached hydrogens (tertiary/aromatic N) is 2. The van der Waals surface area contributed by atoms with Gasteiger partial charge in [-0.05, 0) is 78.0 Å². The van der Waals surface area contributed by atoms with Crippen LogP contribution >= 0.6 is 0 Å². The average molecular weight is 403 g/mol. The Morgan fingerprint density at radius 1 is 0.621 bits per heavy atom. The minimum atomic E-state index is 0.732. The van der Waals surface area contributed by atoms with E-state index in [9.17, 15) is 0 Å². The molecule has 0 aromatic heterocycles. The van der Waals surface area contributed by atoms with E-state index in [0.717, 1.165) is 18.0 Å². The van der Waals surface area contributed by atoms with Crippen LogP contribution in [0, 0.1) is 5.92 Å². The molecule has 0 N–H and O–H groups in total. The van der Waals surface area contributed by atoms with Gasteiger partial charge in [-0.2, -0.15) is 0 Å². The molecule has 3 atom stereocenters. The average Bonchev–Trinajstić information content (AvgIpc) is 2.78. The highest BCUT2D eigenvalue weighted by atomic mass is 15.1. The molecule has 2 saturated heterocycles. The summed E-state index contributed by atoms with van der Waals surface area (Å²) in [5, 5.41) is 0. The van der Waals surface area contributed by atoms with Crippen LogP contribution in [0.5, 0.6) is 0 Å². The van der Waals surface area contributed by atoms with Crippen molar-refractivity contribution >= 4 is 0 Å². The maximum Gasteiger partial charge on any atom is 0.0304 e. The van der Waals surface area contributed by atoms with Gasteiger partial charge in [0.25, 0.3) is 0 Å². The van der Waals surface area contributed by atoms with Crippen LogP contribution in [0.25, 0.3) is 0 Å². The second-order valence-corrected chi connectivity index (χ2v) is 10.5. The van der Waals surface area contributed by atoms with Gasteiger partial charge in [0.05, 0.1) is 0 Å². The summed E-state index contributed by atoms with van der Waals surface area (Å²) in [6.07, 6.45) is 28.5. The molecular weight excluding hydrogens is 352 g/mol. The van der Waals surface area contributed by atoms with Crippen molar-refractivity contribution in [2.45, 2.75) is 128 Å². The van der Waals surface area contributed by atoms with Gasteiger partial charge in [0.2, 0.25) is 0 Å². The smallest absolute Gasteiger partial charge is 0.0304 e. The molecule has 2 heteroatoms. The first kappa shape index (κ1) is 23.3. The van der Waals surface area contributed by atoms with Gasteiger partial charge < -0.3 is 4.90 Å². The summed E-state index contributed by atoms with van der Waals surface area (Å²) >= 11 is 0. The minimum Gasteiger partial charge on any atom is -0.303 e. The van der Waals surface area contributed by atoms with E-state index < -0.39 is 0 Å². The van der Waals surface area contributed by atoms with E-state index in [4.69, 9.17) is 0 Å². The molecule has 2 aliphatic heterocycles. The van der Waals surface area contributed by atoms with Gasteiger partial charge in [0.15, 0.2) is 0 Å². The Labute approximate surface area is 182 Å². The fraction of sp³-hybridized carbons (Fsp3) is 0.926. The molecule has 3 unspecified atom stereocenters. The SMILES string of the molecule is CN1CCCCCCCCCC1C1=CCC(C2CCCCCCCCN2C)CC1. The first-order chi connectivity index (χ1) is 14.3. The second-order valence-electron chi connectivity index (χ2n) is 10.5. The monoisotopic (exact) mass is 402 g/mol. The molecular formula is C27H50N2. The Bertz CT molecular complexity index is 471. The van der Waals surface area contributed by atoms with Crippen molar-refractivity contribution in [2.24, 2.45) is 5.92 Å². The molecule has 2 fully saturated rings. The molecule has 3 aliphatic rings. The van der Waals surface area contributed by atoms with Crippen molar-refractivity contribution in [1.82, 2.24) is 9.80 Å². The van der Waals surface area contributed by atoms with Crippen LogP contribution in [-0.2, 0) is 0 Å². The van der Waals surface area contributed by atoms with Gasteiger partial charge in [-0.15, -0.1) is 0 Å². The van der Waals surface area contributed by atoms with Crippen LogP contribution in [0.1, 0.15) is 116 Å². The van der Waals surface area contributed by atoms with Gasteiger partial charge in [0, 0.05) is 12.1 Å². The molecule has 3 rings (SSSR count). The highest BCUT2D eigenvalue weighted by Crippen LogP contribution is 2.35. The number of hydrogen-bond acceptors (Lipinski definition) is 2. The maximum atomic E-state index is 2.74. The standard InChI is InChI=1S/C27H50N2/c1-28-22-14-10-6-3-4-8-12-16-26(28)24-18-20-25(21-19-24)27-17-13-9-5-7-11-15-23-29(27)2/h18,25-27H,3-17,19-23H2,1-2H3. The Balaban J connectivity index is 1.59. The highest BCUT2D eigenvalue weighted by molar-refractivity contribution is 5.15. The second kappa shape index (κ2) is 13.2. The van der Waals surface area contributed by atoms with E-state index in [1.54, 1.807) is 5.57 Å². The highest BCUT2D eigenvalue weighted by Gasteiger charge is 2.29. The van der Waals surface area contributed by atoms with Crippen LogP contribution in [0.2, 0.25) is 0 Å². The van der Waals surface area contributed by atoms with Crippen molar-refractivity contribution in [3.05, 3.63) is 11.6 Å². The summed E-state index contributed by atoms with van der Waals surface area (Å²) in [5.41, 5.74) is 1.80. The Kier molecular flexibility index (Phi) is 10.6. The molecule has 2 nitrogen and oxygen atoms in total. The summed E-state index contributed by atoms with van der Waals surface area (Å²) in [4.78, 5) is 5.46. The first-order valence-electron chi connectivity index (χ1n) is 13.3. The van der Waals surface area contributed by atoms with Crippen molar-refractivity contribution < 1.29 is 0 Å². The van der Waals surface area contributed by atoms with Crippen LogP contribution in [0.15, 0.2) is 11.6 Å². The fourth-order valence-corrected chi connectivity index (χ4v) is 6.36. The Morgan fingerprint density at radius 3 is 1.79 bits per heavy atom. The lowest BCUT2D eigenvalue weighted by Gasteiger charge is -2.39. The van der Waals surface area contributed by atoms with E-state index >= 15 is 0 Å². The maximum absolute atomic E-state index is 2.74. The Hall–Kier alpha value is -0.340. The number of rotatable bonds is 2. The van der Waals surface area contributed by atoms with Crippen molar-refractivity contribution in [1.29, 1.82) is 0 Å². The molecule has 0 amide bonds. The van der Waals surface area contributed by atoms with Crippen LogP contribution < -0.4 is 0 Å². The summed E-state index contributed by atoms with van der Waals surface area (Å²) in [6, 6.07) is 1.56. The summed E-state index contributed by atoms with van der Waals surface area (Å²) < 4.78 is 0. The summed E-state index contributed by atoms with van der Waals surface area (Å²) in [7, 11) is 4.83. The number of hydrogen-bond donors (Lipinski definition) is 0. The zero-order valence-electron chi connectivity index (χ0n) is 19.8. The quantitative estimate of drug-likeness (QED) is 0.451. The summed E-state index contributed by atoms with van der Waals surface area (Å²) in [5.74, 6) is 0.899. The molecule has 0 spiro atoms. The molecule has 0 saturated carbocycles. The lowest BCUT2D eigenvalue weighted by molar-refractivity contribution is 0.143.